The van der Waals surface area contributed by atoms with E-state index in [4.69, 9.17) is 4.74 Å². The molecule has 1 atom stereocenters. The predicted molar refractivity (Wildman–Crippen MR) is 66.9 cm³/mol. The van der Waals surface area contributed by atoms with E-state index in [-0.39, 0.29) is 29.4 Å². The lowest BCUT2D eigenvalue weighted by atomic mass is 10.3. The number of carbonyl (C=O) groups is 1. The van der Waals surface area contributed by atoms with E-state index in [1.807, 2.05) is 0 Å². The van der Waals surface area contributed by atoms with Gasteiger partial charge in [0.1, 0.15) is 10.8 Å². The summed E-state index contributed by atoms with van der Waals surface area (Å²) in [5.74, 6) is -0.0904. The lowest BCUT2D eigenvalue weighted by Gasteiger charge is -2.29. The number of carbonyl (C=O) groups excluding carboxylic acids is 1. The summed E-state index contributed by atoms with van der Waals surface area (Å²) >= 11 is 1.16. The molecule has 1 aliphatic rings. The number of amides is 1. The van der Waals surface area contributed by atoms with Crippen LogP contribution in [0, 0.1) is 0 Å². The summed E-state index contributed by atoms with van der Waals surface area (Å²) in [6, 6.07) is 3.23. The van der Waals surface area contributed by atoms with Gasteiger partial charge in [0.15, 0.2) is 0 Å². The lowest BCUT2D eigenvalue weighted by Crippen LogP contribution is -2.48. The first kappa shape index (κ1) is 13.5. The fraction of sp³-hybridized carbons (Fsp3) is 0.500. The van der Waals surface area contributed by atoms with Crippen molar-refractivity contribution < 1.29 is 17.9 Å². The molecule has 1 amide bonds. The van der Waals surface area contributed by atoms with Gasteiger partial charge in [0.25, 0.3) is 0 Å². The van der Waals surface area contributed by atoms with Crippen LogP contribution in [0.4, 0.5) is 0 Å². The number of hydrogen-bond donors (Lipinski definition) is 1. The van der Waals surface area contributed by atoms with E-state index in [1.54, 1.807) is 24.6 Å². The number of rotatable bonds is 4. The summed E-state index contributed by atoms with van der Waals surface area (Å²) in [5.41, 5.74) is 0. The van der Waals surface area contributed by atoms with Gasteiger partial charge in [0.05, 0.1) is 6.10 Å². The number of nitrogens with zero attached hydrogens (tertiary/aromatic N) is 1. The minimum Gasteiger partial charge on any atom is -0.365 e. The molecule has 1 aromatic rings. The monoisotopic (exact) mass is 290 g/mol. The average Bonchev–Trinajstić information content (AvgIpc) is 2.85. The van der Waals surface area contributed by atoms with E-state index in [0.717, 1.165) is 11.3 Å². The zero-order valence-electron chi connectivity index (χ0n) is 9.83. The van der Waals surface area contributed by atoms with Gasteiger partial charge in [-0.05, 0) is 11.4 Å². The maximum Gasteiger partial charge on any atom is 0.250 e. The van der Waals surface area contributed by atoms with Crippen LogP contribution >= 0.6 is 11.3 Å². The Morgan fingerprint density at radius 1 is 1.61 bits per heavy atom. The molecular formula is C10H14N2O4S2. The Balaban J connectivity index is 1.91. The van der Waals surface area contributed by atoms with E-state index in [0.29, 0.717) is 6.54 Å². The van der Waals surface area contributed by atoms with Crippen LogP contribution in [0.25, 0.3) is 0 Å². The largest absolute Gasteiger partial charge is 0.365 e. The van der Waals surface area contributed by atoms with Crippen molar-refractivity contribution in [1.29, 1.82) is 0 Å². The number of ether oxygens (including phenoxy) is 1. The second-order valence-corrected chi connectivity index (χ2v) is 6.93. The summed E-state index contributed by atoms with van der Waals surface area (Å²) in [6.45, 7) is 0.561. The molecule has 0 spiro atoms. The van der Waals surface area contributed by atoms with Crippen LogP contribution in [-0.4, -0.2) is 52.1 Å². The van der Waals surface area contributed by atoms with Gasteiger partial charge in [-0.2, -0.15) is 0 Å². The standard InChI is InChI=1S/C10H14N2O4S2/c1-12-6-8(16-7-9(12)13)5-11-18(14,15)10-3-2-4-17-10/h2-4,8,11H,5-7H2,1H3. The minimum absolute atomic E-state index is 0.00188. The van der Waals surface area contributed by atoms with Crippen LogP contribution < -0.4 is 4.72 Å². The average molecular weight is 290 g/mol. The zero-order chi connectivity index (χ0) is 13.2. The number of likely N-dealkylation sites (N-methyl/N-ethyl adjacent to an activating group) is 1. The van der Waals surface area contributed by atoms with Crippen LogP contribution in [-0.2, 0) is 19.6 Å². The first-order valence-electron chi connectivity index (χ1n) is 5.38. The Kier molecular flexibility index (Phi) is 4.00. The van der Waals surface area contributed by atoms with Gasteiger partial charge in [-0.15, -0.1) is 11.3 Å². The van der Waals surface area contributed by atoms with Crippen molar-refractivity contribution in [2.75, 3.05) is 26.7 Å². The van der Waals surface area contributed by atoms with E-state index >= 15 is 0 Å². The smallest absolute Gasteiger partial charge is 0.250 e. The van der Waals surface area contributed by atoms with Gasteiger partial charge < -0.3 is 9.64 Å². The van der Waals surface area contributed by atoms with Gasteiger partial charge in [0.2, 0.25) is 15.9 Å². The molecule has 0 bridgehead atoms. The second-order valence-electron chi connectivity index (χ2n) is 3.99. The first-order valence-corrected chi connectivity index (χ1v) is 7.74. The maximum absolute atomic E-state index is 11.8. The molecule has 18 heavy (non-hydrogen) atoms. The molecule has 0 aliphatic carbocycles. The van der Waals surface area contributed by atoms with Gasteiger partial charge in [-0.25, -0.2) is 13.1 Å². The van der Waals surface area contributed by atoms with Gasteiger partial charge in [-0.3, -0.25) is 4.79 Å². The molecule has 8 heteroatoms. The van der Waals surface area contributed by atoms with Crippen LogP contribution in [0.5, 0.6) is 0 Å². The van der Waals surface area contributed by atoms with Crippen molar-refractivity contribution in [3.63, 3.8) is 0 Å². The Morgan fingerprint density at radius 2 is 2.39 bits per heavy atom. The molecule has 1 unspecified atom stereocenters. The number of nitrogens with one attached hydrogen (secondary N) is 1. The minimum atomic E-state index is -3.46. The predicted octanol–water partition coefficient (Wildman–Crippen LogP) is -0.116. The molecule has 6 nitrogen and oxygen atoms in total. The highest BCUT2D eigenvalue weighted by Gasteiger charge is 2.25. The van der Waals surface area contributed by atoms with Crippen molar-refractivity contribution in [1.82, 2.24) is 9.62 Å². The van der Waals surface area contributed by atoms with E-state index < -0.39 is 10.0 Å². The van der Waals surface area contributed by atoms with Crippen molar-refractivity contribution in [3.8, 4) is 0 Å². The van der Waals surface area contributed by atoms with Crippen molar-refractivity contribution in [3.05, 3.63) is 17.5 Å². The zero-order valence-corrected chi connectivity index (χ0v) is 11.5. The van der Waals surface area contributed by atoms with E-state index in [9.17, 15) is 13.2 Å². The fourth-order valence-electron chi connectivity index (χ4n) is 1.57. The number of thiophene rings is 1. The molecule has 2 rings (SSSR count). The third kappa shape index (κ3) is 3.08. The Bertz CT molecular complexity index is 512. The molecule has 1 aliphatic heterocycles. The lowest BCUT2D eigenvalue weighted by molar-refractivity contribution is -0.146. The Morgan fingerprint density at radius 3 is 3.00 bits per heavy atom. The second kappa shape index (κ2) is 5.35. The number of sulfonamides is 1. The van der Waals surface area contributed by atoms with Crippen molar-refractivity contribution in [2.24, 2.45) is 0 Å². The van der Waals surface area contributed by atoms with Crippen LogP contribution in [0.2, 0.25) is 0 Å². The highest BCUT2D eigenvalue weighted by Crippen LogP contribution is 2.15. The molecule has 1 N–H and O–H groups in total. The van der Waals surface area contributed by atoms with Gasteiger partial charge in [-0.1, -0.05) is 6.07 Å². The topological polar surface area (TPSA) is 75.7 Å². The quantitative estimate of drug-likeness (QED) is 0.839. The molecule has 1 fully saturated rings. The third-order valence-corrected chi connectivity index (χ3v) is 5.43. The molecule has 0 aromatic carbocycles. The molecule has 100 valence electrons. The third-order valence-electron chi connectivity index (χ3n) is 2.61. The SMILES string of the molecule is CN1CC(CNS(=O)(=O)c2cccs2)OCC1=O. The van der Waals surface area contributed by atoms with Crippen LogP contribution in [0.1, 0.15) is 0 Å². The fourth-order valence-corrected chi connectivity index (χ4v) is 3.68. The van der Waals surface area contributed by atoms with Crippen LogP contribution in [0.15, 0.2) is 21.7 Å². The van der Waals surface area contributed by atoms with Gasteiger partial charge in [0, 0.05) is 20.1 Å². The molecule has 1 saturated heterocycles. The van der Waals surface area contributed by atoms with Crippen molar-refractivity contribution in [2.45, 2.75) is 10.3 Å². The maximum atomic E-state index is 11.8. The first-order chi connectivity index (χ1) is 8.49. The Labute approximate surface area is 110 Å². The van der Waals surface area contributed by atoms with E-state index in [2.05, 4.69) is 4.72 Å². The molecule has 2 heterocycles. The summed E-state index contributed by atoms with van der Waals surface area (Å²) in [4.78, 5) is 12.7. The van der Waals surface area contributed by atoms with Crippen LogP contribution in [0.3, 0.4) is 0 Å². The van der Waals surface area contributed by atoms with E-state index in [1.165, 1.54) is 4.90 Å². The Hall–Kier alpha value is -0.960. The summed E-state index contributed by atoms with van der Waals surface area (Å²) in [7, 11) is -1.79. The molecule has 0 saturated carbocycles. The molecular weight excluding hydrogens is 276 g/mol. The highest BCUT2D eigenvalue weighted by molar-refractivity contribution is 7.91. The number of hydrogen-bond acceptors (Lipinski definition) is 5. The van der Waals surface area contributed by atoms with Crippen molar-refractivity contribution >= 4 is 27.3 Å². The number of morpholine rings is 1. The normalized spacial score (nSPS) is 21.3. The van der Waals surface area contributed by atoms with Gasteiger partial charge >= 0.3 is 0 Å². The highest BCUT2D eigenvalue weighted by atomic mass is 32.2. The summed E-state index contributed by atoms with van der Waals surface area (Å²) < 4.78 is 31.7. The summed E-state index contributed by atoms with van der Waals surface area (Å²) in [5, 5.41) is 1.71. The molecule has 1 aromatic heterocycles. The molecule has 0 radical (unpaired) electrons. The summed E-state index contributed by atoms with van der Waals surface area (Å²) in [6.07, 6.45) is -0.303.